The maximum atomic E-state index is 13.8. The third-order valence-corrected chi connectivity index (χ3v) is 3.66. The Labute approximate surface area is 129 Å². The molecule has 0 aliphatic rings. The lowest BCUT2D eigenvalue weighted by Gasteiger charge is -2.17. The lowest BCUT2D eigenvalue weighted by atomic mass is 9.91. The molecular formula is C17H20FNO3. The van der Waals surface area contributed by atoms with Crippen LogP contribution in [0.1, 0.15) is 17.0 Å². The first kappa shape index (κ1) is 16.1. The van der Waals surface area contributed by atoms with Gasteiger partial charge in [0.05, 0.1) is 14.2 Å². The van der Waals surface area contributed by atoms with Crippen molar-refractivity contribution in [2.75, 3.05) is 20.8 Å². The van der Waals surface area contributed by atoms with E-state index < -0.39 is 5.82 Å². The van der Waals surface area contributed by atoms with Crippen molar-refractivity contribution in [1.82, 2.24) is 0 Å². The van der Waals surface area contributed by atoms with Gasteiger partial charge in [-0.3, -0.25) is 0 Å². The molecule has 0 aromatic heterocycles. The molecule has 0 heterocycles. The van der Waals surface area contributed by atoms with Crippen LogP contribution in [0.15, 0.2) is 36.4 Å². The Morgan fingerprint density at radius 1 is 1.09 bits per heavy atom. The molecule has 0 aliphatic heterocycles. The second-order valence-corrected chi connectivity index (χ2v) is 5.04. The van der Waals surface area contributed by atoms with Gasteiger partial charge in [0.2, 0.25) is 0 Å². The first-order chi connectivity index (χ1) is 10.6. The first-order valence-corrected chi connectivity index (χ1v) is 6.98. The minimum Gasteiger partial charge on any atom is -0.504 e. The highest BCUT2D eigenvalue weighted by atomic mass is 19.1. The minimum absolute atomic E-state index is 0.0327. The van der Waals surface area contributed by atoms with Crippen LogP contribution >= 0.6 is 0 Å². The fourth-order valence-corrected chi connectivity index (χ4v) is 2.41. The summed E-state index contributed by atoms with van der Waals surface area (Å²) in [4.78, 5) is 0. The molecule has 2 rings (SSSR count). The van der Waals surface area contributed by atoms with E-state index in [1.165, 1.54) is 20.3 Å². The number of phenolic OH excluding ortho intramolecular Hbond substituents is 1. The summed E-state index contributed by atoms with van der Waals surface area (Å²) in [6.07, 6.45) is 0.624. The quantitative estimate of drug-likeness (QED) is 0.861. The molecule has 0 fully saturated rings. The average molecular weight is 305 g/mol. The molecule has 0 spiro atoms. The summed E-state index contributed by atoms with van der Waals surface area (Å²) in [5.74, 6) is 0.280. The Kier molecular flexibility index (Phi) is 5.22. The molecule has 2 aromatic rings. The number of aromatic hydroxyl groups is 1. The van der Waals surface area contributed by atoms with E-state index in [4.69, 9.17) is 15.2 Å². The lowest BCUT2D eigenvalue weighted by molar-refractivity contribution is 0.373. The average Bonchev–Trinajstić information content (AvgIpc) is 2.54. The molecule has 118 valence electrons. The largest absolute Gasteiger partial charge is 0.504 e. The van der Waals surface area contributed by atoms with Crippen molar-refractivity contribution in [3.8, 4) is 17.2 Å². The van der Waals surface area contributed by atoms with Crippen molar-refractivity contribution in [2.24, 2.45) is 5.73 Å². The van der Waals surface area contributed by atoms with E-state index in [1.54, 1.807) is 24.3 Å². The smallest absolute Gasteiger partial charge is 0.165 e. The molecular weight excluding hydrogens is 285 g/mol. The predicted molar refractivity (Wildman–Crippen MR) is 83.1 cm³/mol. The Hall–Kier alpha value is -2.27. The summed E-state index contributed by atoms with van der Waals surface area (Å²) in [5.41, 5.74) is 7.61. The van der Waals surface area contributed by atoms with Crippen molar-refractivity contribution in [1.29, 1.82) is 0 Å². The Morgan fingerprint density at radius 3 is 2.41 bits per heavy atom. The van der Waals surface area contributed by atoms with Crippen LogP contribution in [0.2, 0.25) is 0 Å². The number of hydrogen-bond donors (Lipinski definition) is 2. The number of halogens is 1. The molecule has 0 aliphatic carbocycles. The van der Waals surface area contributed by atoms with Gasteiger partial charge in [0.15, 0.2) is 23.1 Å². The highest BCUT2D eigenvalue weighted by Crippen LogP contribution is 2.30. The number of ether oxygens (including phenoxy) is 2. The fourth-order valence-electron chi connectivity index (χ4n) is 2.41. The molecule has 0 saturated heterocycles. The molecule has 4 nitrogen and oxygen atoms in total. The Bertz CT molecular complexity index is 646. The van der Waals surface area contributed by atoms with E-state index in [2.05, 4.69) is 0 Å². The van der Waals surface area contributed by atoms with Gasteiger partial charge in [0.1, 0.15) is 0 Å². The number of rotatable bonds is 6. The van der Waals surface area contributed by atoms with E-state index in [1.807, 2.05) is 6.07 Å². The van der Waals surface area contributed by atoms with Gasteiger partial charge in [0.25, 0.3) is 0 Å². The summed E-state index contributed by atoms with van der Waals surface area (Å²) in [5, 5.41) is 9.62. The molecule has 22 heavy (non-hydrogen) atoms. The van der Waals surface area contributed by atoms with Gasteiger partial charge in [-0.1, -0.05) is 12.1 Å². The van der Waals surface area contributed by atoms with Crippen molar-refractivity contribution in [3.63, 3.8) is 0 Å². The summed E-state index contributed by atoms with van der Waals surface area (Å²) < 4.78 is 23.9. The van der Waals surface area contributed by atoms with Crippen LogP contribution in [-0.4, -0.2) is 25.9 Å². The lowest BCUT2D eigenvalue weighted by Crippen LogP contribution is -2.15. The fraction of sp³-hybridized carbons (Fsp3) is 0.294. The van der Waals surface area contributed by atoms with E-state index in [0.29, 0.717) is 18.7 Å². The molecule has 3 N–H and O–H groups in total. The predicted octanol–water partition coefficient (Wildman–Crippen LogP) is 2.83. The highest BCUT2D eigenvalue weighted by Gasteiger charge is 2.14. The standard InChI is InChI=1S/C17H20FNO3/c1-21-16-6-4-12(9-14(16)18)13(10-19)7-11-3-5-15(20)17(8-11)22-2/h3-6,8-9,13,20H,7,10,19H2,1-2H3. The van der Waals surface area contributed by atoms with Gasteiger partial charge in [-0.2, -0.15) is 0 Å². The molecule has 2 aromatic carbocycles. The van der Waals surface area contributed by atoms with Crippen molar-refractivity contribution in [2.45, 2.75) is 12.3 Å². The van der Waals surface area contributed by atoms with Crippen LogP contribution in [0, 0.1) is 5.82 Å². The van der Waals surface area contributed by atoms with E-state index in [0.717, 1.165) is 11.1 Å². The molecule has 1 atom stereocenters. The van der Waals surface area contributed by atoms with E-state index in [9.17, 15) is 9.50 Å². The summed E-state index contributed by atoms with van der Waals surface area (Å²) in [6.45, 7) is 0.384. The number of hydrogen-bond acceptors (Lipinski definition) is 4. The van der Waals surface area contributed by atoms with Crippen molar-refractivity contribution >= 4 is 0 Å². The SMILES string of the molecule is COc1cc(CC(CN)c2ccc(OC)c(F)c2)ccc1O. The summed E-state index contributed by atoms with van der Waals surface area (Å²) in [6, 6.07) is 10.0. The molecule has 1 unspecified atom stereocenters. The van der Waals surface area contributed by atoms with Gasteiger partial charge in [0, 0.05) is 5.92 Å². The van der Waals surface area contributed by atoms with Gasteiger partial charge >= 0.3 is 0 Å². The topological polar surface area (TPSA) is 64.7 Å². The monoisotopic (exact) mass is 305 g/mol. The zero-order valence-electron chi connectivity index (χ0n) is 12.7. The molecule has 0 amide bonds. The van der Waals surface area contributed by atoms with Crippen LogP contribution in [0.5, 0.6) is 17.2 Å². The van der Waals surface area contributed by atoms with Crippen LogP contribution in [0.4, 0.5) is 4.39 Å². The van der Waals surface area contributed by atoms with Crippen molar-refractivity contribution in [3.05, 3.63) is 53.3 Å². The molecule has 0 bridgehead atoms. The third-order valence-electron chi connectivity index (χ3n) is 3.66. The first-order valence-electron chi connectivity index (χ1n) is 6.98. The second kappa shape index (κ2) is 7.13. The maximum Gasteiger partial charge on any atom is 0.165 e. The van der Waals surface area contributed by atoms with Gasteiger partial charge in [-0.25, -0.2) is 4.39 Å². The van der Waals surface area contributed by atoms with E-state index in [-0.39, 0.29) is 17.4 Å². The number of phenols is 1. The minimum atomic E-state index is -0.401. The number of methoxy groups -OCH3 is 2. The van der Waals surface area contributed by atoms with Crippen LogP contribution in [0.3, 0.4) is 0 Å². The normalized spacial score (nSPS) is 12.0. The third kappa shape index (κ3) is 3.49. The zero-order valence-corrected chi connectivity index (χ0v) is 12.7. The zero-order chi connectivity index (χ0) is 16.1. The van der Waals surface area contributed by atoms with Crippen LogP contribution in [0.25, 0.3) is 0 Å². The highest BCUT2D eigenvalue weighted by molar-refractivity contribution is 5.42. The van der Waals surface area contributed by atoms with E-state index >= 15 is 0 Å². The van der Waals surface area contributed by atoms with Gasteiger partial charge < -0.3 is 20.3 Å². The Morgan fingerprint density at radius 2 is 1.82 bits per heavy atom. The number of nitrogens with two attached hydrogens (primary N) is 1. The summed E-state index contributed by atoms with van der Waals surface area (Å²) in [7, 11) is 2.93. The molecule has 0 saturated carbocycles. The number of benzene rings is 2. The Balaban J connectivity index is 2.23. The summed E-state index contributed by atoms with van der Waals surface area (Å²) >= 11 is 0. The van der Waals surface area contributed by atoms with Gasteiger partial charge in [-0.05, 0) is 48.4 Å². The van der Waals surface area contributed by atoms with Crippen LogP contribution < -0.4 is 15.2 Å². The van der Waals surface area contributed by atoms with Gasteiger partial charge in [-0.15, -0.1) is 0 Å². The second-order valence-electron chi connectivity index (χ2n) is 5.04. The molecule has 0 radical (unpaired) electrons. The van der Waals surface area contributed by atoms with Crippen molar-refractivity contribution < 1.29 is 19.0 Å². The maximum absolute atomic E-state index is 13.8. The molecule has 5 heteroatoms. The van der Waals surface area contributed by atoms with Crippen LogP contribution in [-0.2, 0) is 6.42 Å².